The Morgan fingerprint density at radius 1 is 1.32 bits per heavy atom. The van der Waals surface area contributed by atoms with Gasteiger partial charge in [-0.05, 0) is 53.8 Å². The molecule has 1 aliphatic rings. The van der Waals surface area contributed by atoms with E-state index in [0.717, 1.165) is 30.4 Å². The van der Waals surface area contributed by atoms with Gasteiger partial charge in [-0.15, -0.1) is 23.7 Å². The second-order valence-corrected chi connectivity index (χ2v) is 6.92. The van der Waals surface area contributed by atoms with Crippen LogP contribution in [0.4, 0.5) is 5.13 Å². The SMILES string of the molecule is Cl.O=C(Nc1ncc(C2CCNCC2)s1)c1cncc(Br)c1. The van der Waals surface area contributed by atoms with Crippen LogP contribution in [0.15, 0.2) is 29.1 Å². The molecule has 0 aromatic carbocycles. The third-order valence-electron chi connectivity index (χ3n) is 3.45. The summed E-state index contributed by atoms with van der Waals surface area (Å²) in [5, 5.41) is 6.84. The minimum absolute atomic E-state index is 0. The number of nitrogens with zero attached hydrogens (tertiary/aromatic N) is 2. The van der Waals surface area contributed by atoms with Gasteiger partial charge in [0, 0.05) is 27.9 Å². The van der Waals surface area contributed by atoms with Crippen molar-refractivity contribution in [2.75, 3.05) is 18.4 Å². The Morgan fingerprint density at radius 3 is 2.82 bits per heavy atom. The topological polar surface area (TPSA) is 66.9 Å². The Hall–Kier alpha value is -1.02. The molecule has 1 saturated heterocycles. The molecule has 0 saturated carbocycles. The summed E-state index contributed by atoms with van der Waals surface area (Å²) in [5.41, 5.74) is 0.517. The maximum Gasteiger partial charge on any atom is 0.259 e. The van der Waals surface area contributed by atoms with E-state index in [1.165, 1.54) is 4.88 Å². The number of thiazole rings is 1. The summed E-state index contributed by atoms with van der Waals surface area (Å²) in [5.74, 6) is 0.372. The first-order chi connectivity index (χ1) is 10.2. The van der Waals surface area contributed by atoms with Gasteiger partial charge in [-0.2, -0.15) is 0 Å². The van der Waals surface area contributed by atoms with Crippen molar-refractivity contribution < 1.29 is 4.79 Å². The molecular weight excluding hydrogens is 388 g/mol. The van der Waals surface area contributed by atoms with Gasteiger partial charge in [0.2, 0.25) is 0 Å². The molecule has 0 atom stereocenters. The third-order valence-corrected chi connectivity index (χ3v) is 4.96. The maximum atomic E-state index is 12.1. The van der Waals surface area contributed by atoms with E-state index >= 15 is 0 Å². The highest BCUT2D eigenvalue weighted by molar-refractivity contribution is 9.10. The van der Waals surface area contributed by atoms with Crippen LogP contribution in [0.3, 0.4) is 0 Å². The normalized spacial score (nSPS) is 15.1. The molecule has 1 fully saturated rings. The first-order valence-electron chi connectivity index (χ1n) is 6.81. The largest absolute Gasteiger partial charge is 0.317 e. The molecule has 22 heavy (non-hydrogen) atoms. The Balaban J connectivity index is 0.00000176. The van der Waals surface area contributed by atoms with Gasteiger partial charge in [-0.1, -0.05) is 0 Å². The molecule has 2 N–H and O–H groups in total. The monoisotopic (exact) mass is 402 g/mol. The first-order valence-corrected chi connectivity index (χ1v) is 8.41. The van der Waals surface area contributed by atoms with Crippen molar-refractivity contribution in [3.63, 3.8) is 0 Å². The highest BCUT2D eigenvalue weighted by Gasteiger charge is 2.18. The number of amides is 1. The lowest BCUT2D eigenvalue weighted by molar-refractivity contribution is 0.102. The average Bonchev–Trinajstić information content (AvgIpc) is 2.97. The number of nitrogens with one attached hydrogen (secondary N) is 2. The standard InChI is InChI=1S/C14H15BrN4OS.ClH/c15-11-5-10(6-17-7-11)13(20)19-14-18-8-12(21-14)9-1-3-16-4-2-9;/h5-9,16H,1-4H2,(H,18,19,20);1H. The highest BCUT2D eigenvalue weighted by atomic mass is 79.9. The highest BCUT2D eigenvalue weighted by Crippen LogP contribution is 2.31. The zero-order valence-electron chi connectivity index (χ0n) is 11.7. The maximum absolute atomic E-state index is 12.1. The van der Waals surface area contributed by atoms with E-state index < -0.39 is 0 Å². The smallest absolute Gasteiger partial charge is 0.259 e. The molecule has 2 aromatic rings. The molecule has 5 nitrogen and oxygen atoms in total. The molecule has 0 radical (unpaired) electrons. The molecular formula is C14H16BrClN4OS. The first kappa shape index (κ1) is 17.3. The lowest BCUT2D eigenvalue weighted by atomic mass is 9.97. The number of carbonyl (C=O) groups is 1. The van der Waals surface area contributed by atoms with E-state index in [1.54, 1.807) is 29.8 Å². The van der Waals surface area contributed by atoms with Crippen molar-refractivity contribution in [3.8, 4) is 0 Å². The van der Waals surface area contributed by atoms with Crippen LogP contribution in [-0.2, 0) is 0 Å². The summed E-state index contributed by atoms with van der Waals surface area (Å²) in [6.07, 6.45) is 7.34. The third kappa shape index (κ3) is 4.25. The zero-order valence-corrected chi connectivity index (χ0v) is 14.9. The van der Waals surface area contributed by atoms with Crippen LogP contribution in [-0.4, -0.2) is 29.0 Å². The summed E-state index contributed by atoms with van der Waals surface area (Å²) in [6.45, 7) is 2.10. The van der Waals surface area contributed by atoms with Crippen LogP contribution >= 0.6 is 39.7 Å². The van der Waals surface area contributed by atoms with Gasteiger partial charge in [-0.3, -0.25) is 15.1 Å². The number of piperidine rings is 1. The summed E-state index contributed by atoms with van der Waals surface area (Å²) >= 11 is 4.87. The quantitative estimate of drug-likeness (QED) is 0.824. The summed E-state index contributed by atoms with van der Waals surface area (Å²) in [7, 11) is 0. The van der Waals surface area contributed by atoms with Crippen LogP contribution in [0.1, 0.15) is 34.0 Å². The predicted molar refractivity (Wildman–Crippen MR) is 94.1 cm³/mol. The Kier molecular flexibility index (Phi) is 6.31. The molecule has 0 unspecified atom stereocenters. The number of hydrogen-bond donors (Lipinski definition) is 2. The number of rotatable bonds is 3. The Labute approximate surface area is 147 Å². The van der Waals surface area contributed by atoms with Gasteiger partial charge < -0.3 is 5.32 Å². The summed E-state index contributed by atoms with van der Waals surface area (Å²) in [4.78, 5) is 21.7. The van der Waals surface area contributed by atoms with Crippen molar-refractivity contribution in [2.45, 2.75) is 18.8 Å². The van der Waals surface area contributed by atoms with Crippen LogP contribution in [0.25, 0.3) is 0 Å². The van der Waals surface area contributed by atoms with Crippen LogP contribution in [0, 0.1) is 0 Å². The van der Waals surface area contributed by atoms with E-state index in [-0.39, 0.29) is 18.3 Å². The average molecular weight is 404 g/mol. The van der Waals surface area contributed by atoms with Gasteiger partial charge in [0.15, 0.2) is 5.13 Å². The van der Waals surface area contributed by atoms with Gasteiger partial charge >= 0.3 is 0 Å². The van der Waals surface area contributed by atoms with Crippen molar-refractivity contribution in [1.29, 1.82) is 0 Å². The second kappa shape index (κ2) is 8.01. The number of carbonyl (C=O) groups excluding carboxylic acids is 1. The molecule has 0 aliphatic carbocycles. The van der Waals surface area contributed by atoms with Crippen LogP contribution < -0.4 is 10.6 Å². The van der Waals surface area contributed by atoms with Gasteiger partial charge in [0.1, 0.15) is 0 Å². The number of anilines is 1. The van der Waals surface area contributed by atoms with E-state index in [0.29, 0.717) is 16.6 Å². The number of hydrogen-bond acceptors (Lipinski definition) is 5. The van der Waals surface area contributed by atoms with E-state index in [1.807, 2.05) is 6.20 Å². The van der Waals surface area contributed by atoms with Gasteiger partial charge in [0.25, 0.3) is 5.91 Å². The number of halogens is 2. The fourth-order valence-electron chi connectivity index (χ4n) is 2.34. The Bertz CT molecular complexity index is 645. The Morgan fingerprint density at radius 2 is 2.09 bits per heavy atom. The fourth-order valence-corrected chi connectivity index (χ4v) is 3.69. The fraction of sp³-hybridized carbons (Fsp3) is 0.357. The minimum atomic E-state index is -0.185. The van der Waals surface area contributed by atoms with Crippen molar-refractivity contribution in [2.24, 2.45) is 0 Å². The molecule has 118 valence electrons. The van der Waals surface area contributed by atoms with Crippen molar-refractivity contribution in [3.05, 3.63) is 39.6 Å². The zero-order chi connectivity index (χ0) is 14.7. The minimum Gasteiger partial charge on any atom is -0.317 e. The van der Waals surface area contributed by atoms with Crippen molar-refractivity contribution in [1.82, 2.24) is 15.3 Å². The van der Waals surface area contributed by atoms with E-state index in [2.05, 4.69) is 36.5 Å². The molecule has 1 aliphatic heterocycles. The van der Waals surface area contributed by atoms with Gasteiger partial charge in [-0.25, -0.2) is 4.98 Å². The lowest BCUT2D eigenvalue weighted by Gasteiger charge is -2.20. The summed E-state index contributed by atoms with van der Waals surface area (Å²) in [6, 6.07) is 1.74. The predicted octanol–water partition coefficient (Wildman–Crippen LogP) is 3.44. The molecule has 1 amide bonds. The molecule has 3 rings (SSSR count). The molecule has 3 heterocycles. The molecule has 2 aromatic heterocycles. The van der Waals surface area contributed by atoms with E-state index in [9.17, 15) is 4.79 Å². The van der Waals surface area contributed by atoms with Crippen LogP contribution in [0.2, 0.25) is 0 Å². The molecule has 8 heteroatoms. The molecule has 0 bridgehead atoms. The van der Waals surface area contributed by atoms with E-state index in [4.69, 9.17) is 0 Å². The lowest BCUT2D eigenvalue weighted by Crippen LogP contribution is -2.26. The van der Waals surface area contributed by atoms with Crippen LogP contribution in [0.5, 0.6) is 0 Å². The number of pyridine rings is 1. The second-order valence-electron chi connectivity index (χ2n) is 4.94. The molecule has 0 spiro atoms. The summed E-state index contributed by atoms with van der Waals surface area (Å²) < 4.78 is 0.782. The number of aromatic nitrogens is 2. The van der Waals surface area contributed by atoms with Gasteiger partial charge in [0.05, 0.1) is 5.56 Å². The van der Waals surface area contributed by atoms with Crippen molar-refractivity contribution >= 4 is 50.7 Å².